The third-order valence-corrected chi connectivity index (χ3v) is 1.93. The molecule has 0 aromatic heterocycles. The molecule has 2 aliphatic heterocycles. The van der Waals surface area contributed by atoms with Crippen LogP contribution in [0.1, 0.15) is 6.42 Å². The highest BCUT2D eigenvalue weighted by Gasteiger charge is 2.40. The highest BCUT2D eigenvalue weighted by Crippen LogP contribution is 2.26. The van der Waals surface area contributed by atoms with Gasteiger partial charge in [-0.2, -0.15) is 0 Å². The van der Waals surface area contributed by atoms with Gasteiger partial charge in [0, 0.05) is 0 Å². The minimum Gasteiger partial charge on any atom is -0.377 e. The van der Waals surface area contributed by atoms with Crippen LogP contribution in [0.2, 0.25) is 0 Å². The maximum absolute atomic E-state index is 5.85. The van der Waals surface area contributed by atoms with Crippen LogP contribution in [-0.4, -0.2) is 31.5 Å². The Bertz CT molecular complexity index is 124. The molecule has 0 aliphatic carbocycles. The Balaban J connectivity index is 2.13. The highest BCUT2D eigenvalue weighted by atomic mass is 16.6. The van der Waals surface area contributed by atoms with Crippen molar-refractivity contribution in [2.75, 3.05) is 19.8 Å². The number of fused-ring (bicyclic) bond motifs is 2. The largest absolute Gasteiger partial charge is 0.377 e. The first kappa shape index (κ1) is 5.65. The molecule has 0 radical (unpaired) electrons. The van der Waals surface area contributed by atoms with E-state index in [-0.39, 0.29) is 11.6 Å². The van der Waals surface area contributed by atoms with Gasteiger partial charge in [-0.25, -0.2) is 0 Å². The summed E-state index contributed by atoms with van der Waals surface area (Å²) in [7, 11) is 0. The molecule has 9 heavy (non-hydrogen) atoms. The van der Waals surface area contributed by atoms with Crippen molar-refractivity contribution in [1.82, 2.24) is 0 Å². The second kappa shape index (κ2) is 1.68. The van der Waals surface area contributed by atoms with Crippen LogP contribution in [0.4, 0.5) is 0 Å². The van der Waals surface area contributed by atoms with Gasteiger partial charge in [-0.05, 0) is 6.42 Å². The lowest BCUT2D eigenvalue weighted by Crippen LogP contribution is -2.48. The number of hydrogen-bond acceptors (Lipinski definition) is 3. The molecule has 0 saturated carbocycles. The van der Waals surface area contributed by atoms with Gasteiger partial charge in [-0.3, -0.25) is 0 Å². The van der Waals surface area contributed by atoms with E-state index in [2.05, 4.69) is 0 Å². The molecule has 0 amide bonds. The van der Waals surface area contributed by atoms with Crippen LogP contribution in [0, 0.1) is 0 Å². The Labute approximate surface area is 54.1 Å². The SMILES string of the molecule is NC12COCC(C1)OC2. The summed E-state index contributed by atoms with van der Waals surface area (Å²) < 4.78 is 10.5. The van der Waals surface area contributed by atoms with Gasteiger partial charge in [0.05, 0.1) is 31.5 Å². The van der Waals surface area contributed by atoms with Gasteiger partial charge in [-0.15, -0.1) is 0 Å². The zero-order valence-corrected chi connectivity index (χ0v) is 5.30. The Morgan fingerprint density at radius 2 is 2.33 bits per heavy atom. The van der Waals surface area contributed by atoms with E-state index in [1.807, 2.05) is 0 Å². The summed E-state index contributed by atoms with van der Waals surface area (Å²) in [6.07, 6.45) is 1.26. The van der Waals surface area contributed by atoms with E-state index in [9.17, 15) is 0 Å². The van der Waals surface area contributed by atoms with Crippen LogP contribution in [0.5, 0.6) is 0 Å². The van der Waals surface area contributed by atoms with Gasteiger partial charge in [0.15, 0.2) is 0 Å². The molecule has 2 saturated heterocycles. The van der Waals surface area contributed by atoms with Gasteiger partial charge in [0.25, 0.3) is 0 Å². The van der Waals surface area contributed by atoms with Crippen LogP contribution < -0.4 is 5.73 Å². The van der Waals surface area contributed by atoms with E-state index in [1.165, 1.54) is 0 Å². The van der Waals surface area contributed by atoms with E-state index in [0.29, 0.717) is 13.2 Å². The van der Waals surface area contributed by atoms with E-state index >= 15 is 0 Å². The fourth-order valence-corrected chi connectivity index (χ4v) is 1.46. The van der Waals surface area contributed by atoms with Crippen molar-refractivity contribution in [1.29, 1.82) is 0 Å². The zero-order chi connectivity index (χ0) is 6.32. The second-order valence-electron chi connectivity index (χ2n) is 3.01. The molecule has 2 bridgehead atoms. The van der Waals surface area contributed by atoms with Crippen LogP contribution in [0.3, 0.4) is 0 Å². The molecule has 0 spiro atoms. The number of nitrogens with two attached hydrogens (primary N) is 1. The average molecular weight is 129 g/mol. The van der Waals surface area contributed by atoms with Crippen molar-refractivity contribution in [3.63, 3.8) is 0 Å². The Kier molecular flexibility index (Phi) is 1.06. The van der Waals surface area contributed by atoms with Gasteiger partial charge in [0.2, 0.25) is 0 Å². The monoisotopic (exact) mass is 129 g/mol. The van der Waals surface area contributed by atoms with E-state index in [4.69, 9.17) is 15.2 Å². The van der Waals surface area contributed by atoms with Gasteiger partial charge in [0.1, 0.15) is 0 Å². The number of rotatable bonds is 0. The predicted octanol–water partition coefficient (Wildman–Crippen LogP) is -0.497. The molecule has 2 aliphatic rings. The average Bonchev–Trinajstić information content (AvgIpc) is 2.07. The summed E-state index contributed by atoms with van der Waals surface area (Å²) in [4.78, 5) is 0. The smallest absolute Gasteiger partial charge is 0.0828 e. The molecule has 2 unspecified atom stereocenters. The van der Waals surface area contributed by atoms with Crippen molar-refractivity contribution < 1.29 is 9.47 Å². The normalized spacial score (nSPS) is 49.7. The molecule has 2 heterocycles. The van der Waals surface area contributed by atoms with Gasteiger partial charge in [-0.1, -0.05) is 0 Å². The van der Waals surface area contributed by atoms with E-state index in [0.717, 1.165) is 13.0 Å². The van der Waals surface area contributed by atoms with Gasteiger partial charge >= 0.3 is 0 Å². The second-order valence-corrected chi connectivity index (χ2v) is 3.01. The Morgan fingerprint density at radius 1 is 1.44 bits per heavy atom. The maximum atomic E-state index is 5.85. The minimum atomic E-state index is -0.150. The fraction of sp³-hybridized carbons (Fsp3) is 1.00. The summed E-state index contributed by atoms with van der Waals surface area (Å²) in [6, 6.07) is 0. The molecule has 3 nitrogen and oxygen atoms in total. The van der Waals surface area contributed by atoms with Crippen LogP contribution in [0.15, 0.2) is 0 Å². The van der Waals surface area contributed by atoms with Crippen molar-refractivity contribution in [2.45, 2.75) is 18.1 Å². The quantitative estimate of drug-likeness (QED) is 0.479. The first-order valence-corrected chi connectivity index (χ1v) is 3.27. The molecule has 3 heteroatoms. The highest BCUT2D eigenvalue weighted by molar-refractivity contribution is 4.95. The summed E-state index contributed by atoms with van der Waals surface area (Å²) in [5.41, 5.74) is 5.70. The van der Waals surface area contributed by atoms with Crippen molar-refractivity contribution in [2.24, 2.45) is 5.73 Å². The third kappa shape index (κ3) is 0.852. The number of hydrogen-bond donors (Lipinski definition) is 1. The first-order valence-electron chi connectivity index (χ1n) is 3.27. The van der Waals surface area contributed by atoms with Crippen molar-refractivity contribution >= 4 is 0 Å². The fourth-order valence-electron chi connectivity index (χ4n) is 1.46. The number of ether oxygens (including phenoxy) is 2. The third-order valence-electron chi connectivity index (χ3n) is 1.93. The van der Waals surface area contributed by atoms with Crippen LogP contribution in [-0.2, 0) is 9.47 Å². The Hall–Kier alpha value is -0.120. The predicted molar refractivity (Wildman–Crippen MR) is 32.1 cm³/mol. The molecule has 0 aromatic carbocycles. The summed E-state index contributed by atoms with van der Waals surface area (Å²) in [6.45, 7) is 2.08. The lowest BCUT2D eigenvalue weighted by molar-refractivity contribution is 0.0158. The van der Waals surface area contributed by atoms with Gasteiger partial charge < -0.3 is 15.2 Å². The van der Waals surface area contributed by atoms with Crippen molar-refractivity contribution in [3.05, 3.63) is 0 Å². The Morgan fingerprint density at radius 3 is 3.00 bits per heavy atom. The van der Waals surface area contributed by atoms with Crippen LogP contribution >= 0.6 is 0 Å². The van der Waals surface area contributed by atoms with E-state index < -0.39 is 0 Å². The minimum absolute atomic E-state index is 0.150. The summed E-state index contributed by atoms with van der Waals surface area (Å²) in [5, 5.41) is 0. The summed E-state index contributed by atoms with van der Waals surface area (Å²) in [5.74, 6) is 0. The lowest BCUT2D eigenvalue weighted by atomic mass is 9.97. The standard InChI is InChI=1S/C6H11NO2/c7-6-1-5(9-4-6)2-8-3-6/h5H,1-4,7H2. The van der Waals surface area contributed by atoms with E-state index in [1.54, 1.807) is 0 Å². The van der Waals surface area contributed by atoms with Crippen LogP contribution in [0.25, 0.3) is 0 Å². The summed E-state index contributed by atoms with van der Waals surface area (Å²) >= 11 is 0. The molecule has 2 atom stereocenters. The molecular weight excluding hydrogens is 118 g/mol. The maximum Gasteiger partial charge on any atom is 0.0828 e. The lowest BCUT2D eigenvalue weighted by Gasteiger charge is -2.25. The van der Waals surface area contributed by atoms with Crippen molar-refractivity contribution in [3.8, 4) is 0 Å². The molecular formula is C6H11NO2. The molecule has 0 aromatic rings. The molecule has 2 fully saturated rings. The zero-order valence-electron chi connectivity index (χ0n) is 5.30. The first-order chi connectivity index (χ1) is 4.29. The molecule has 2 N–H and O–H groups in total. The molecule has 2 rings (SSSR count). The topological polar surface area (TPSA) is 44.5 Å². The molecule has 52 valence electrons.